The normalized spacial score (nSPS) is 21.8. The van der Waals surface area contributed by atoms with Crippen LogP contribution in [0.4, 0.5) is 4.39 Å². The molecule has 7 nitrogen and oxygen atoms in total. The monoisotopic (exact) mass is 353 g/mol. The number of halogens is 1. The Labute approximate surface area is 145 Å². The molecule has 1 aromatic rings. The zero-order chi connectivity index (χ0) is 18.8. The molecule has 5 N–H and O–H groups in total. The Morgan fingerprint density at radius 2 is 2.12 bits per heavy atom. The van der Waals surface area contributed by atoms with E-state index in [4.69, 9.17) is 15.7 Å². The molecule has 0 saturated carbocycles. The molecule has 3 atom stereocenters. The molecule has 2 rings (SSSR count). The number of amides is 1. The van der Waals surface area contributed by atoms with Crippen LogP contribution in [0.15, 0.2) is 18.2 Å². The summed E-state index contributed by atoms with van der Waals surface area (Å²) in [6, 6.07) is 2.89. The minimum Gasteiger partial charge on any atom is -0.480 e. The molecule has 1 fully saturated rings. The van der Waals surface area contributed by atoms with Gasteiger partial charge in [-0.2, -0.15) is 0 Å². The van der Waals surface area contributed by atoms with E-state index >= 15 is 0 Å². The van der Waals surface area contributed by atoms with E-state index in [0.717, 1.165) is 6.07 Å². The van der Waals surface area contributed by atoms with Crippen LogP contribution in [0.5, 0.6) is 0 Å². The van der Waals surface area contributed by atoms with Crippen LogP contribution in [0.1, 0.15) is 42.6 Å². The first-order valence-electron chi connectivity index (χ1n) is 8.05. The van der Waals surface area contributed by atoms with Gasteiger partial charge in [-0.05, 0) is 29.2 Å². The van der Waals surface area contributed by atoms with Crippen LogP contribution in [-0.4, -0.2) is 42.2 Å². The van der Waals surface area contributed by atoms with Crippen LogP contribution in [0, 0.1) is 11.2 Å². The van der Waals surface area contributed by atoms with Crippen LogP contribution in [-0.2, 0) is 9.63 Å². The standard InChI is InChI=1S/C17H24FN3O4/c1-17(2,3)14-12(7-21-25-14)9-4-10(6-11(18)5-9)15(22)20-8-13(19)16(23)24/h4-6,12-14,21H,7-8,19H2,1-3H3,(H,20,22)(H,23,24)/t12?,13-,14?/m1/s1. The number of aliphatic carboxylic acids is 1. The van der Waals surface area contributed by atoms with E-state index in [2.05, 4.69) is 10.8 Å². The minimum absolute atomic E-state index is 0.108. The third-order valence-corrected chi connectivity index (χ3v) is 4.14. The van der Waals surface area contributed by atoms with Gasteiger partial charge in [0.1, 0.15) is 11.9 Å². The lowest BCUT2D eigenvalue weighted by Crippen LogP contribution is -2.42. The Bertz CT molecular complexity index is 660. The van der Waals surface area contributed by atoms with Gasteiger partial charge in [0.2, 0.25) is 0 Å². The summed E-state index contributed by atoms with van der Waals surface area (Å²) in [5.74, 6) is -2.44. The molecule has 2 unspecified atom stereocenters. The highest BCUT2D eigenvalue weighted by molar-refractivity contribution is 5.94. The fourth-order valence-corrected chi connectivity index (χ4v) is 2.84. The number of carboxylic acid groups (broad SMARTS) is 1. The zero-order valence-electron chi connectivity index (χ0n) is 14.5. The average molecular weight is 353 g/mol. The second-order valence-electron chi connectivity index (χ2n) is 7.29. The largest absolute Gasteiger partial charge is 0.480 e. The van der Waals surface area contributed by atoms with Crippen LogP contribution in [0.25, 0.3) is 0 Å². The lowest BCUT2D eigenvalue weighted by molar-refractivity contribution is -0.138. The Morgan fingerprint density at radius 3 is 2.72 bits per heavy atom. The Kier molecular flexibility index (Phi) is 5.76. The number of hydrogen-bond acceptors (Lipinski definition) is 5. The zero-order valence-corrected chi connectivity index (χ0v) is 14.5. The molecular weight excluding hydrogens is 329 g/mol. The second kappa shape index (κ2) is 7.47. The molecule has 1 aliphatic heterocycles. The number of carboxylic acids is 1. The van der Waals surface area contributed by atoms with Crippen LogP contribution >= 0.6 is 0 Å². The summed E-state index contributed by atoms with van der Waals surface area (Å²) in [5.41, 5.74) is 8.80. The number of carbonyl (C=O) groups excluding carboxylic acids is 1. The third-order valence-electron chi connectivity index (χ3n) is 4.14. The summed E-state index contributed by atoms with van der Waals surface area (Å²) in [5, 5.41) is 11.2. The maximum atomic E-state index is 14.0. The van der Waals surface area contributed by atoms with Gasteiger partial charge in [-0.3, -0.25) is 14.4 Å². The van der Waals surface area contributed by atoms with E-state index in [9.17, 15) is 14.0 Å². The number of rotatable bonds is 5. The predicted molar refractivity (Wildman–Crippen MR) is 89.4 cm³/mol. The molecule has 0 aliphatic carbocycles. The lowest BCUT2D eigenvalue weighted by Gasteiger charge is -2.30. The van der Waals surface area contributed by atoms with Gasteiger partial charge in [0, 0.05) is 24.6 Å². The fraction of sp³-hybridized carbons (Fsp3) is 0.529. The Hall–Kier alpha value is -2.03. The number of carbonyl (C=O) groups is 2. The molecule has 0 aromatic heterocycles. The molecule has 25 heavy (non-hydrogen) atoms. The maximum Gasteiger partial charge on any atom is 0.322 e. The van der Waals surface area contributed by atoms with Gasteiger partial charge in [0.15, 0.2) is 0 Å². The van der Waals surface area contributed by atoms with Gasteiger partial charge in [0.05, 0.1) is 6.10 Å². The molecule has 1 aromatic carbocycles. The number of nitrogens with one attached hydrogen (secondary N) is 2. The van der Waals surface area contributed by atoms with Gasteiger partial charge in [-0.15, -0.1) is 0 Å². The van der Waals surface area contributed by atoms with E-state index in [1.807, 2.05) is 20.8 Å². The van der Waals surface area contributed by atoms with Gasteiger partial charge in [0.25, 0.3) is 5.91 Å². The van der Waals surface area contributed by atoms with E-state index < -0.39 is 23.7 Å². The van der Waals surface area contributed by atoms with Gasteiger partial charge >= 0.3 is 5.97 Å². The van der Waals surface area contributed by atoms with Gasteiger partial charge in [-0.1, -0.05) is 20.8 Å². The van der Waals surface area contributed by atoms with Gasteiger partial charge < -0.3 is 16.2 Å². The number of nitrogens with two attached hydrogens (primary N) is 1. The summed E-state index contributed by atoms with van der Waals surface area (Å²) in [6.45, 7) is 6.35. The summed E-state index contributed by atoms with van der Waals surface area (Å²) >= 11 is 0. The molecule has 8 heteroatoms. The minimum atomic E-state index is -1.22. The molecule has 0 spiro atoms. The van der Waals surface area contributed by atoms with E-state index in [1.54, 1.807) is 6.07 Å². The molecule has 1 heterocycles. The van der Waals surface area contributed by atoms with Crippen molar-refractivity contribution in [2.75, 3.05) is 13.1 Å². The van der Waals surface area contributed by atoms with Crippen molar-refractivity contribution in [3.05, 3.63) is 35.1 Å². The van der Waals surface area contributed by atoms with Crippen LogP contribution < -0.4 is 16.5 Å². The quantitative estimate of drug-likeness (QED) is 0.628. The molecular formula is C17H24FN3O4. The first-order valence-corrected chi connectivity index (χ1v) is 8.05. The Balaban J connectivity index is 2.20. The van der Waals surface area contributed by atoms with E-state index in [1.165, 1.54) is 6.07 Å². The number of benzene rings is 1. The lowest BCUT2D eigenvalue weighted by atomic mass is 9.78. The summed E-state index contributed by atoms with van der Waals surface area (Å²) in [7, 11) is 0. The summed E-state index contributed by atoms with van der Waals surface area (Å²) in [6.07, 6.45) is -0.175. The highest BCUT2D eigenvalue weighted by Crippen LogP contribution is 2.37. The van der Waals surface area contributed by atoms with Crippen molar-refractivity contribution in [1.82, 2.24) is 10.8 Å². The Morgan fingerprint density at radius 1 is 1.44 bits per heavy atom. The molecule has 0 radical (unpaired) electrons. The molecule has 1 aliphatic rings. The predicted octanol–water partition coefficient (Wildman–Crippen LogP) is 1.00. The molecule has 1 amide bonds. The van der Waals surface area contributed by atoms with Crippen molar-refractivity contribution in [2.45, 2.75) is 38.8 Å². The molecule has 138 valence electrons. The van der Waals surface area contributed by atoms with Crippen molar-refractivity contribution < 1.29 is 23.9 Å². The van der Waals surface area contributed by atoms with E-state index in [-0.39, 0.29) is 29.5 Å². The average Bonchev–Trinajstić information content (AvgIpc) is 3.01. The summed E-state index contributed by atoms with van der Waals surface area (Å²) < 4.78 is 14.0. The van der Waals surface area contributed by atoms with Crippen molar-refractivity contribution in [1.29, 1.82) is 0 Å². The van der Waals surface area contributed by atoms with Crippen LogP contribution in [0.3, 0.4) is 0 Å². The van der Waals surface area contributed by atoms with Crippen molar-refractivity contribution in [2.24, 2.45) is 11.1 Å². The maximum absolute atomic E-state index is 14.0. The van der Waals surface area contributed by atoms with Crippen LogP contribution in [0.2, 0.25) is 0 Å². The first-order chi connectivity index (χ1) is 11.6. The first kappa shape index (κ1) is 19.3. The SMILES string of the molecule is CC(C)(C)C1ONCC1c1cc(F)cc(C(=O)NC[C@@H](N)C(=O)O)c1. The third kappa shape index (κ3) is 4.75. The van der Waals surface area contributed by atoms with Crippen molar-refractivity contribution in [3.63, 3.8) is 0 Å². The van der Waals surface area contributed by atoms with Crippen molar-refractivity contribution >= 4 is 11.9 Å². The highest BCUT2D eigenvalue weighted by Gasteiger charge is 2.39. The number of hydroxylamine groups is 1. The molecule has 1 saturated heterocycles. The van der Waals surface area contributed by atoms with Crippen molar-refractivity contribution in [3.8, 4) is 0 Å². The topological polar surface area (TPSA) is 114 Å². The molecule has 0 bridgehead atoms. The second-order valence-corrected chi connectivity index (χ2v) is 7.29. The summed E-state index contributed by atoms with van der Waals surface area (Å²) in [4.78, 5) is 28.5. The van der Waals surface area contributed by atoms with E-state index in [0.29, 0.717) is 12.1 Å². The fourth-order valence-electron chi connectivity index (χ4n) is 2.84. The highest BCUT2D eigenvalue weighted by atomic mass is 19.1. The number of hydrogen-bond donors (Lipinski definition) is 4. The van der Waals surface area contributed by atoms with Gasteiger partial charge in [-0.25, -0.2) is 9.87 Å². The smallest absolute Gasteiger partial charge is 0.322 e.